The summed E-state index contributed by atoms with van der Waals surface area (Å²) in [5, 5.41) is 3.27. The van der Waals surface area contributed by atoms with Crippen molar-refractivity contribution in [3.05, 3.63) is 0 Å². The smallest absolute Gasteiger partial charge is 0.254 e. The summed E-state index contributed by atoms with van der Waals surface area (Å²) in [7, 11) is 0. The minimum atomic E-state index is -0.480. The molecule has 16 heavy (non-hydrogen) atoms. The Hall–Kier alpha value is -0.610. The molecule has 0 aromatic rings. The second kappa shape index (κ2) is 5.15. The van der Waals surface area contributed by atoms with Crippen molar-refractivity contribution in [3.8, 4) is 0 Å². The molecule has 0 unspecified atom stereocenters. The van der Waals surface area contributed by atoms with Crippen LogP contribution in [-0.4, -0.2) is 49.2 Å². The molecule has 1 N–H and O–H groups in total. The lowest BCUT2D eigenvalue weighted by Crippen LogP contribution is -2.55. The predicted molar refractivity (Wildman–Crippen MR) is 62.3 cm³/mol. The Morgan fingerprint density at radius 1 is 1.31 bits per heavy atom. The lowest BCUT2D eigenvalue weighted by atomic mass is 9.99. The van der Waals surface area contributed by atoms with Gasteiger partial charge in [-0.25, -0.2) is 0 Å². The van der Waals surface area contributed by atoms with E-state index in [0.29, 0.717) is 6.61 Å². The molecule has 0 bridgehead atoms. The average Bonchev–Trinajstić information content (AvgIpc) is 2.80. The van der Waals surface area contributed by atoms with Crippen LogP contribution in [0.1, 0.15) is 32.6 Å². The van der Waals surface area contributed by atoms with Crippen LogP contribution in [0.3, 0.4) is 0 Å². The van der Waals surface area contributed by atoms with E-state index in [9.17, 15) is 4.79 Å². The molecule has 0 spiro atoms. The van der Waals surface area contributed by atoms with Crippen LogP contribution in [0.4, 0.5) is 0 Å². The van der Waals surface area contributed by atoms with Gasteiger partial charge < -0.3 is 15.0 Å². The molecule has 92 valence electrons. The number of piperazine rings is 1. The summed E-state index contributed by atoms with van der Waals surface area (Å²) in [6.45, 7) is 6.09. The second-order valence-electron chi connectivity index (χ2n) is 4.68. The lowest BCUT2D eigenvalue weighted by Gasteiger charge is -2.36. The van der Waals surface area contributed by atoms with Crippen LogP contribution in [0.2, 0.25) is 0 Å². The van der Waals surface area contributed by atoms with E-state index in [0.717, 1.165) is 51.9 Å². The van der Waals surface area contributed by atoms with Gasteiger partial charge in [-0.1, -0.05) is 0 Å². The van der Waals surface area contributed by atoms with Crippen LogP contribution in [0.25, 0.3) is 0 Å². The van der Waals surface area contributed by atoms with Gasteiger partial charge in [0.1, 0.15) is 5.60 Å². The van der Waals surface area contributed by atoms with E-state index >= 15 is 0 Å². The largest absolute Gasteiger partial charge is 0.365 e. The van der Waals surface area contributed by atoms with Crippen molar-refractivity contribution in [3.63, 3.8) is 0 Å². The zero-order chi connectivity index (χ0) is 11.4. The molecule has 1 aliphatic heterocycles. The fourth-order valence-corrected chi connectivity index (χ4v) is 2.80. The number of nitrogens with one attached hydrogen (secondary N) is 1. The standard InChI is InChI=1S/C12H22N2O2/c1-2-16-12(5-3-4-6-12)11(15)14-9-7-13-8-10-14/h13H,2-10H2,1H3. The van der Waals surface area contributed by atoms with Crippen molar-refractivity contribution in [1.82, 2.24) is 10.2 Å². The van der Waals surface area contributed by atoms with E-state index in [1.165, 1.54) is 0 Å². The van der Waals surface area contributed by atoms with Crippen molar-refractivity contribution in [2.75, 3.05) is 32.8 Å². The molecule has 1 saturated heterocycles. The molecule has 0 aromatic carbocycles. The Kier molecular flexibility index (Phi) is 3.82. The molecule has 0 radical (unpaired) electrons. The predicted octanol–water partition coefficient (Wildman–Crippen LogP) is 0.767. The highest BCUT2D eigenvalue weighted by atomic mass is 16.5. The fraction of sp³-hybridized carbons (Fsp3) is 0.917. The highest BCUT2D eigenvalue weighted by Gasteiger charge is 2.44. The van der Waals surface area contributed by atoms with E-state index in [1.54, 1.807) is 0 Å². The van der Waals surface area contributed by atoms with Crippen molar-refractivity contribution in [1.29, 1.82) is 0 Å². The Morgan fingerprint density at radius 2 is 1.94 bits per heavy atom. The second-order valence-corrected chi connectivity index (χ2v) is 4.68. The number of carbonyl (C=O) groups is 1. The summed E-state index contributed by atoms with van der Waals surface area (Å²) in [4.78, 5) is 14.5. The first kappa shape index (κ1) is 11.9. The van der Waals surface area contributed by atoms with E-state index in [-0.39, 0.29) is 5.91 Å². The number of hydrogen-bond acceptors (Lipinski definition) is 3. The van der Waals surface area contributed by atoms with Crippen molar-refractivity contribution in [2.24, 2.45) is 0 Å². The molecule has 0 atom stereocenters. The topological polar surface area (TPSA) is 41.6 Å². The maximum Gasteiger partial charge on any atom is 0.254 e. The first-order valence-corrected chi connectivity index (χ1v) is 6.42. The number of rotatable bonds is 3. The molecule has 2 rings (SSSR count). The third-order valence-corrected chi connectivity index (χ3v) is 3.63. The zero-order valence-electron chi connectivity index (χ0n) is 10.1. The molecule has 2 fully saturated rings. The van der Waals surface area contributed by atoms with Gasteiger partial charge in [-0.05, 0) is 32.6 Å². The molecular formula is C12H22N2O2. The number of nitrogens with zero attached hydrogens (tertiary/aromatic N) is 1. The van der Waals surface area contributed by atoms with Gasteiger partial charge in [0.15, 0.2) is 0 Å². The van der Waals surface area contributed by atoms with Gasteiger partial charge in [0.05, 0.1) is 0 Å². The van der Waals surface area contributed by atoms with E-state index in [1.807, 2.05) is 11.8 Å². The van der Waals surface area contributed by atoms with Gasteiger partial charge in [-0.2, -0.15) is 0 Å². The van der Waals surface area contributed by atoms with Gasteiger partial charge in [-0.3, -0.25) is 4.79 Å². The summed E-state index contributed by atoms with van der Waals surface area (Å²) in [5.74, 6) is 0.230. The van der Waals surface area contributed by atoms with Gasteiger partial charge in [0.25, 0.3) is 5.91 Å². The summed E-state index contributed by atoms with van der Waals surface area (Å²) in [6.07, 6.45) is 4.06. The summed E-state index contributed by atoms with van der Waals surface area (Å²) < 4.78 is 5.79. The molecule has 1 amide bonds. The number of amides is 1. The number of hydrogen-bond donors (Lipinski definition) is 1. The maximum absolute atomic E-state index is 12.5. The summed E-state index contributed by atoms with van der Waals surface area (Å²) in [5.41, 5.74) is -0.480. The Balaban J connectivity index is 2.04. The molecular weight excluding hydrogens is 204 g/mol. The summed E-state index contributed by atoms with van der Waals surface area (Å²) >= 11 is 0. The van der Waals surface area contributed by atoms with Crippen molar-refractivity contribution < 1.29 is 9.53 Å². The molecule has 1 heterocycles. The average molecular weight is 226 g/mol. The van der Waals surface area contributed by atoms with E-state index < -0.39 is 5.60 Å². The van der Waals surface area contributed by atoms with Crippen LogP contribution < -0.4 is 5.32 Å². The van der Waals surface area contributed by atoms with Crippen LogP contribution in [0.5, 0.6) is 0 Å². The van der Waals surface area contributed by atoms with Crippen LogP contribution in [-0.2, 0) is 9.53 Å². The Bertz CT molecular complexity index is 243. The highest BCUT2D eigenvalue weighted by molar-refractivity contribution is 5.85. The van der Waals surface area contributed by atoms with Crippen molar-refractivity contribution >= 4 is 5.91 Å². The first-order chi connectivity index (χ1) is 7.78. The third-order valence-electron chi connectivity index (χ3n) is 3.63. The Morgan fingerprint density at radius 3 is 2.50 bits per heavy atom. The SMILES string of the molecule is CCOC1(C(=O)N2CCNCC2)CCCC1. The van der Waals surface area contributed by atoms with Crippen molar-refractivity contribution in [2.45, 2.75) is 38.2 Å². The molecule has 2 aliphatic rings. The molecule has 1 saturated carbocycles. The lowest BCUT2D eigenvalue weighted by molar-refractivity contribution is -0.158. The van der Waals surface area contributed by atoms with E-state index in [4.69, 9.17) is 4.74 Å². The van der Waals surface area contributed by atoms with Crippen LogP contribution in [0.15, 0.2) is 0 Å². The minimum Gasteiger partial charge on any atom is -0.365 e. The molecule has 4 heteroatoms. The number of ether oxygens (including phenoxy) is 1. The summed E-state index contributed by atoms with van der Waals surface area (Å²) in [6, 6.07) is 0. The maximum atomic E-state index is 12.5. The van der Waals surface area contributed by atoms with Gasteiger partial charge in [0.2, 0.25) is 0 Å². The monoisotopic (exact) mass is 226 g/mol. The van der Waals surface area contributed by atoms with E-state index in [2.05, 4.69) is 5.32 Å². The third kappa shape index (κ3) is 2.23. The van der Waals surface area contributed by atoms with Gasteiger partial charge in [-0.15, -0.1) is 0 Å². The molecule has 4 nitrogen and oxygen atoms in total. The first-order valence-electron chi connectivity index (χ1n) is 6.42. The highest BCUT2D eigenvalue weighted by Crippen LogP contribution is 2.35. The Labute approximate surface area is 97.3 Å². The van der Waals surface area contributed by atoms with Crippen LogP contribution in [0, 0.1) is 0 Å². The molecule has 0 aromatic heterocycles. The molecule has 1 aliphatic carbocycles. The van der Waals surface area contributed by atoms with Gasteiger partial charge >= 0.3 is 0 Å². The quantitative estimate of drug-likeness (QED) is 0.773. The zero-order valence-corrected chi connectivity index (χ0v) is 10.1. The van der Waals surface area contributed by atoms with Gasteiger partial charge in [0, 0.05) is 32.8 Å². The van der Waals surface area contributed by atoms with Crippen LogP contribution >= 0.6 is 0 Å². The normalized spacial score (nSPS) is 24.7. The number of carbonyl (C=O) groups excluding carboxylic acids is 1. The fourth-order valence-electron chi connectivity index (χ4n) is 2.80. The minimum absolute atomic E-state index is 0.230.